The van der Waals surface area contributed by atoms with Crippen LogP contribution in [0.1, 0.15) is 36.5 Å². The molecular weight excluding hydrogens is 278 g/mol. The molecular formula is C16H20F2O3. The third-order valence-electron chi connectivity index (χ3n) is 3.65. The van der Waals surface area contributed by atoms with Crippen molar-refractivity contribution in [3.63, 3.8) is 0 Å². The number of esters is 1. The van der Waals surface area contributed by atoms with E-state index in [9.17, 15) is 13.6 Å². The largest absolute Gasteiger partial charge is 0.494 e. The fourth-order valence-electron chi connectivity index (χ4n) is 2.35. The molecule has 1 fully saturated rings. The zero-order valence-electron chi connectivity index (χ0n) is 12.1. The molecule has 0 bridgehead atoms. The van der Waals surface area contributed by atoms with E-state index in [1.54, 1.807) is 31.2 Å². The van der Waals surface area contributed by atoms with Crippen LogP contribution in [-0.4, -0.2) is 25.6 Å². The van der Waals surface area contributed by atoms with Crippen LogP contribution in [0.5, 0.6) is 5.75 Å². The number of benzene rings is 1. The predicted octanol–water partition coefficient (Wildman–Crippen LogP) is 3.92. The van der Waals surface area contributed by atoms with Crippen molar-refractivity contribution in [1.29, 1.82) is 0 Å². The van der Waals surface area contributed by atoms with Crippen LogP contribution in [0.25, 0.3) is 0 Å². The number of hydrogen-bond acceptors (Lipinski definition) is 3. The Morgan fingerprint density at radius 2 is 2.05 bits per heavy atom. The van der Waals surface area contributed by atoms with E-state index >= 15 is 0 Å². The van der Waals surface area contributed by atoms with E-state index in [4.69, 9.17) is 9.47 Å². The summed E-state index contributed by atoms with van der Waals surface area (Å²) < 4.78 is 35.1. The summed E-state index contributed by atoms with van der Waals surface area (Å²) in [7, 11) is 0. The highest BCUT2D eigenvalue weighted by atomic mass is 19.3. The van der Waals surface area contributed by atoms with Gasteiger partial charge in [-0.25, -0.2) is 13.6 Å². The molecule has 0 spiro atoms. The Morgan fingerprint density at radius 3 is 2.62 bits per heavy atom. The van der Waals surface area contributed by atoms with Crippen LogP contribution in [-0.2, 0) is 4.74 Å². The number of hydrogen-bond donors (Lipinski definition) is 0. The fourth-order valence-corrected chi connectivity index (χ4v) is 2.35. The van der Waals surface area contributed by atoms with Gasteiger partial charge in [-0.2, -0.15) is 0 Å². The SMILES string of the molecule is CCOC(=O)c1ccc(OCCC[C@@H]2C[C@H]2C(F)F)cc1. The molecule has 1 aliphatic carbocycles. The third-order valence-corrected chi connectivity index (χ3v) is 3.65. The van der Waals surface area contributed by atoms with Gasteiger partial charge >= 0.3 is 5.97 Å². The molecule has 0 saturated heterocycles. The quantitative estimate of drug-likeness (QED) is 0.539. The van der Waals surface area contributed by atoms with Gasteiger partial charge in [-0.05, 0) is 56.4 Å². The second kappa shape index (κ2) is 7.38. The molecule has 3 nitrogen and oxygen atoms in total. The van der Waals surface area contributed by atoms with E-state index in [2.05, 4.69) is 0 Å². The van der Waals surface area contributed by atoms with E-state index in [0.717, 1.165) is 12.8 Å². The molecule has 2 atom stereocenters. The van der Waals surface area contributed by atoms with E-state index in [1.165, 1.54) is 0 Å². The van der Waals surface area contributed by atoms with Crippen LogP contribution in [0, 0.1) is 11.8 Å². The molecule has 0 heterocycles. The van der Waals surface area contributed by atoms with Gasteiger partial charge in [0.25, 0.3) is 0 Å². The number of carbonyl (C=O) groups is 1. The van der Waals surface area contributed by atoms with Gasteiger partial charge in [0.1, 0.15) is 5.75 Å². The Morgan fingerprint density at radius 1 is 1.33 bits per heavy atom. The van der Waals surface area contributed by atoms with Gasteiger partial charge < -0.3 is 9.47 Å². The van der Waals surface area contributed by atoms with Crippen LogP contribution >= 0.6 is 0 Å². The lowest BCUT2D eigenvalue weighted by atomic mass is 10.2. The molecule has 1 aromatic rings. The molecule has 21 heavy (non-hydrogen) atoms. The van der Waals surface area contributed by atoms with Crippen LogP contribution < -0.4 is 4.74 Å². The van der Waals surface area contributed by atoms with Crippen molar-refractivity contribution in [2.75, 3.05) is 13.2 Å². The summed E-state index contributed by atoms with van der Waals surface area (Å²) in [5, 5.41) is 0. The van der Waals surface area contributed by atoms with Crippen molar-refractivity contribution >= 4 is 5.97 Å². The van der Waals surface area contributed by atoms with Crippen LogP contribution in [0.2, 0.25) is 0 Å². The maximum Gasteiger partial charge on any atom is 0.338 e. The van der Waals surface area contributed by atoms with Crippen LogP contribution in [0.3, 0.4) is 0 Å². The molecule has 0 amide bonds. The lowest BCUT2D eigenvalue weighted by molar-refractivity contribution is 0.0526. The molecule has 1 aromatic carbocycles. The molecule has 1 aliphatic rings. The van der Waals surface area contributed by atoms with Gasteiger partial charge in [0.2, 0.25) is 6.43 Å². The Bertz CT molecular complexity index is 459. The molecule has 2 rings (SSSR count). The number of carbonyl (C=O) groups excluding carboxylic acids is 1. The minimum atomic E-state index is -2.17. The standard InChI is InChI=1S/C16H20F2O3/c1-2-20-16(19)11-5-7-13(8-6-11)21-9-3-4-12-10-14(12)15(17)18/h5-8,12,14-15H,2-4,9-10H2,1H3/t12-,14-/m1/s1. The molecule has 0 aromatic heterocycles. The molecule has 1 saturated carbocycles. The van der Waals surface area contributed by atoms with Crippen LogP contribution in [0.15, 0.2) is 24.3 Å². The average molecular weight is 298 g/mol. The minimum Gasteiger partial charge on any atom is -0.494 e. The molecule has 116 valence electrons. The average Bonchev–Trinajstić information content (AvgIpc) is 3.24. The fraction of sp³-hybridized carbons (Fsp3) is 0.562. The lowest BCUT2D eigenvalue weighted by Gasteiger charge is -2.07. The number of rotatable bonds is 8. The number of halogens is 2. The summed E-state index contributed by atoms with van der Waals surface area (Å²) in [5.41, 5.74) is 0.488. The Labute approximate surface area is 123 Å². The Balaban J connectivity index is 1.66. The minimum absolute atomic E-state index is 0.166. The first kappa shape index (κ1) is 15.7. The first-order valence-electron chi connectivity index (χ1n) is 7.30. The van der Waals surface area contributed by atoms with E-state index < -0.39 is 12.3 Å². The highest BCUT2D eigenvalue weighted by molar-refractivity contribution is 5.89. The second-order valence-electron chi connectivity index (χ2n) is 5.23. The molecule has 5 heteroatoms. The molecule has 0 radical (unpaired) electrons. The summed E-state index contributed by atoms with van der Waals surface area (Å²) in [4.78, 5) is 11.5. The van der Waals surface area contributed by atoms with Crippen molar-refractivity contribution in [2.24, 2.45) is 11.8 Å². The van der Waals surface area contributed by atoms with Crippen molar-refractivity contribution in [3.05, 3.63) is 29.8 Å². The Kier molecular flexibility index (Phi) is 5.53. The topological polar surface area (TPSA) is 35.5 Å². The van der Waals surface area contributed by atoms with E-state index in [0.29, 0.717) is 30.9 Å². The highest BCUT2D eigenvalue weighted by Crippen LogP contribution is 2.45. The summed E-state index contributed by atoms with van der Waals surface area (Å²) in [5.74, 6) is 0.0914. The van der Waals surface area contributed by atoms with Gasteiger partial charge in [-0.3, -0.25) is 0 Å². The maximum absolute atomic E-state index is 12.3. The number of ether oxygens (including phenoxy) is 2. The van der Waals surface area contributed by atoms with Gasteiger partial charge in [0, 0.05) is 5.92 Å². The van der Waals surface area contributed by atoms with Gasteiger partial charge in [-0.1, -0.05) is 0 Å². The summed E-state index contributed by atoms with van der Waals surface area (Å²) in [6, 6.07) is 6.73. The highest BCUT2D eigenvalue weighted by Gasteiger charge is 2.43. The monoisotopic (exact) mass is 298 g/mol. The van der Waals surface area contributed by atoms with Gasteiger partial charge in [0.05, 0.1) is 18.8 Å². The van der Waals surface area contributed by atoms with Gasteiger partial charge in [0.15, 0.2) is 0 Å². The van der Waals surface area contributed by atoms with Crippen molar-refractivity contribution in [2.45, 2.75) is 32.6 Å². The lowest BCUT2D eigenvalue weighted by Crippen LogP contribution is -2.04. The maximum atomic E-state index is 12.3. The molecule has 0 N–H and O–H groups in total. The van der Waals surface area contributed by atoms with Crippen LogP contribution in [0.4, 0.5) is 8.78 Å². The van der Waals surface area contributed by atoms with Gasteiger partial charge in [-0.15, -0.1) is 0 Å². The summed E-state index contributed by atoms with van der Waals surface area (Å²) in [6.45, 7) is 2.61. The Hall–Kier alpha value is -1.65. The zero-order valence-corrected chi connectivity index (χ0v) is 12.1. The van der Waals surface area contributed by atoms with Crippen molar-refractivity contribution < 1.29 is 23.0 Å². The van der Waals surface area contributed by atoms with E-state index in [1.807, 2.05) is 0 Å². The predicted molar refractivity (Wildman–Crippen MR) is 74.7 cm³/mol. The normalized spacial score (nSPS) is 20.4. The first-order chi connectivity index (χ1) is 10.1. The second-order valence-corrected chi connectivity index (χ2v) is 5.23. The molecule has 0 aliphatic heterocycles. The van der Waals surface area contributed by atoms with Crippen molar-refractivity contribution in [1.82, 2.24) is 0 Å². The zero-order chi connectivity index (χ0) is 15.2. The smallest absolute Gasteiger partial charge is 0.338 e. The summed E-state index contributed by atoms with van der Waals surface area (Å²) in [6.07, 6.45) is 0.0290. The van der Waals surface area contributed by atoms with E-state index in [-0.39, 0.29) is 11.9 Å². The molecule has 0 unspecified atom stereocenters. The first-order valence-corrected chi connectivity index (χ1v) is 7.30. The summed E-state index contributed by atoms with van der Waals surface area (Å²) >= 11 is 0. The number of alkyl halides is 2. The third kappa shape index (κ3) is 4.69. The van der Waals surface area contributed by atoms with Crippen molar-refractivity contribution in [3.8, 4) is 5.75 Å².